The van der Waals surface area contributed by atoms with Crippen LogP contribution in [0.3, 0.4) is 0 Å². The van der Waals surface area contributed by atoms with Crippen molar-refractivity contribution in [3.05, 3.63) is 29.8 Å². The molecule has 0 fully saturated rings. The van der Waals surface area contributed by atoms with E-state index in [-0.39, 0.29) is 0 Å². The van der Waals surface area contributed by atoms with E-state index in [1.807, 2.05) is 7.05 Å². The molecule has 1 N–H and O–H groups in total. The monoisotopic (exact) mass is 234 g/mol. The molecule has 0 aliphatic carbocycles. The Morgan fingerprint density at radius 2 is 2.24 bits per heavy atom. The summed E-state index contributed by atoms with van der Waals surface area (Å²) in [5.74, 6) is 0. The molecular formula is C14H22N2O. The fraction of sp³-hybridized carbons (Fsp3) is 0.571. The van der Waals surface area contributed by atoms with Crippen LogP contribution in [0.5, 0.6) is 0 Å². The number of benzene rings is 1. The minimum atomic E-state index is 0.383. The Morgan fingerprint density at radius 1 is 1.47 bits per heavy atom. The van der Waals surface area contributed by atoms with Crippen molar-refractivity contribution in [1.82, 2.24) is 5.32 Å². The summed E-state index contributed by atoms with van der Waals surface area (Å²) in [6.45, 7) is 4.05. The zero-order valence-electron chi connectivity index (χ0n) is 10.9. The maximum atomic E-state index is 5.24. The summed E-state index contributed by atoms with van der Waals surface area (Å²) in [6.07, 6.45) is 1.15. The lowest BCUT2D eigenvalue weighted by atomic mass is 10.1. The van der Waals surface area contributed by atoms with Crippen LogP contribution in [0.2, 0.25) is 0 Å². The Balaban J connectivity index is 2.10. The lowest BCUT2D eigenvalue weighted by Gasteiger charge is -2.29. The van der Waals surface area contributed by atoms with E-state index in [1.165, 1.54) is 11.3 Å². The van der Waals surface area contributed by atoms with Crippen molar-refractivity contribution in [3.63, 3.8) is 0 Å². The minimum absolute atomic E-state index is 0.383. The van der Waals surface area contributed by atoms with Crippen molar-refractivity contribution in [2.75, 3.05) is 32.2 Å². The number of para-hydroxylation sites is 1. The lowest BCUT2D eigenvalue weighted by molar-refractivity contribution is 0.170. The molecule has 17 heavy (non-hydrogen) atoms. The predicted molar refractivity (Wildman–Crippen MR) is 71.7 cm³/mol. The number of methoxy groups -OCH3 is 1. The lowest BCUT2D eigenvalue weighted by Crippen LogP contribution is -2.44. The summed E-state index contributed by atoms with van der Waals surface area (Å²) >= 11 is 0. The Labute approximate surface area is 104 Å². The number of ether oxygens (including phenoxy) is 1. The largest absolute Gasteiger partial charge is 0.383 e. The number of hydrogen-bond donors (Lipinski definition) is 1. The van der Waals surface area contributed by atoms with Gasteiger partial charge < -0.3 is 15.0 Å². The van der Waals surface area contributed by atoms with Crippen LogP contribution in [0.4, 0.5) is 5.69 Å². The highest BCUT2D eigenvalue weighted by Crippen LogP contribution is 2.31. The molecule has 0 saturated carbocycles. The van der Waals surface area contributed by atoms with Gasteiger partial charge in [0.25, 0.3) is 0 Å². The fourth-order valence-electron chi connectivity index (χ4n) is 2.57. The van der Waals surface area contributed by atoms with Crippen LogP contribution >= 0.6 is 0 Å². The summed E-state index contributed by atoms with van der Waals surface area (Å²) < 4.78 is 5.24. The van der Waals surface area contributed by atoms with Crippen LogP contribution in [0, 0.1) is 0 Å². The van der Waals surface area contributed by atoms with Gasteiger partial charge in [-0.15, -0.1) is 0 Å². The zero-order chi connectivity index (χ0) is 12.3. The first-order valence-corrected chi connectivity index (χ1v) is 6.27. The number of nitrogens with zero attached hydrogens (tertiary/aromatic N) is 1. The van der Waals surface area contributed by atoms with Gasteiger partial charge in [-0.2, -0.15) is 0 Å². The Kier molecular flexibility index (Phi) is 4.02. The first-order chi connectivity index (χ1) is 8.26. The van der Waals surface area contributed by atoms with E-state index < -0.39 is 0 Å². The highest BCUT2D eigenvalue weighted by atomic mass is 16.5. The molecule has 1 aromatic carbocycles. The predicted octanol–water partition coefficient (Wildman–Crippen LogP) is 1.67. The highest BCUT2D eigenvalue weighted by Gasteiger charge is 2.26. The van der Waals surface area contributed by atoms with E-state index in [0.29, 0.717) is 12.1 Å². The van der Waals surface area contributed by atoms with Gasteiger partial charge >= 0.3 is 0 Å². The molecule has 0 spiro atoms. The van der Waals surface area contributed by atoms with Crippen molar-refractivity contribution < 1.29 is 4.74 Å². The number of fused-ring (bicyclic) bond motifs is 1. The van der Waals surface area contributed by atoms with E-state index in [9.17, 15) is 0 Å². The Bertz CT molecular complexity index is 367. The number of rotatable bonds is 5. The molecule has 2 unspecified atom stereocenters. The molecule has 1 heterocycles. The molecule has 0 amide bonds. The number of anilines is 1. The second-order valence-electron chi connectivity index (χ2n) is 4.78. The standard InChI is InChI=1S/C14H22N2O/c1-11-8-12-6-4-5-7-14(12)16(11)9-13(15-2)10-17-3/h4-7,11,13,15H,8-10H2,1-3H3. The third-order valence-electron chi connectivity index (χ3n) is 3.54. The van der Waals surface area contributed by atoms with Gasteiger partial charge in [0.15, 0.2) is 0 Å². The maximum absolute atomic E-state index is 5.24. The van der Waals surface area contributed by atoms with Crippen molar-refractivity contribution in [1.29, 1.82) is 0 Å². The molecule has 1 aliphatic rings. The van der Waals surface area contributed by atoms with Crippen LogP contribution in [-0.4, -0.2) is 39.4 Å². The second kappa shape index (κ2) is 5.52. The van der Waals surface area contributed by atoms with Gasteiger partial charge in [0.1, 0.15) is 0 Å². The average molecular weight is 234 g/mol. The number of hydrogen-bond acceptors (Lipinski definition) is 3. The summed E-state index contributed by atoms with van der Waals surface area (Å²) in [4.78, 5) is 2.48. The fourth-order valence-corrected chi connectivity index (χ4v) is 2.57. The molecule has 3 nitrogen and oxygen atoms in total. The van der Waals surface area contributed by atoms with E-state index >= 15 is 0 Å². The zero-order valence-corrected chi connectivity index (χ0v) is 10.9. The molecule has 2 rings (SSSR count). The van der Waals surface area contributed by atoms with E-state index in [0.717, 1.165) is 19.6 Å². The summed E-state index contributed by atoms with van der Waals surface area (Å²) in [7, 11) is 3.75. The van der Waals surface area contributed by atoms with Crippen LogP contribution < -0.4 is 10.2 Å². The van der Waals surface area contributed by atoms with Gasteiger partial charge in [-0.05, 0) is 32.0 Å². The van der Waals surface area contributed by atoms with E-state index in [1.54, 1.807) is 7.11 Å². The Hall–Kier alpha value is -1.06. The highest BCUT2D eigenvalue weighted by molar-refractivity contribution is 5.59. The first-order valence-electron chi connectivity index (χ1n) is 6.27. The summed E-state index contributed by atoms with van der Waals surface area (Å²) in [5, 5.41) is 3.31. The topological polar surface area (TPSA) is 24.5 Å². The van der Waals surface area contributed by atoms with Gasteiger partial charge in [-0.3, -0.25) is 0 Å². The molecule has 0 aromatic heterocycles. The average Bonchev–Trinajstić information content (AvgIpc) is 2.65. The van der Waals surface area contributed by atoms with Gasteiger partial charge in [0.2, 0.25) is 0 Å². The van der Waals surface area contributed by atoms with E-state index in [4.69, 9.17) is 4.74 Å². The summed E-state index contributed by atoms with van der Waals surface area (Å²) in [5.41, 5.74) is 2.85. The van der Waals surface area contributed by atoms with Crippen LogP contribution in [0.15, 0.2) is 24.3 Å². The smallest absolute Gasteiger partial charge is 0.0633 e. The van der Waals surface area contributed by atoms with Gasteiger partial charge in [-0.1, -0.05) is 18.2 Å². The third-order valence-corrected chi connectivity index (χ3v) is 3.54. The molecular weight excluding hydrogens is 212 g/mol. The van der Waals surface area contributed by atoms with Gasteiger partial charge in [-0.25, -0.2) is 0 Å². The Morgan fingerprint density at radius 3 is 2.94 bits per heavy atom. The minimum Gasteiger partial charge on any atom is -0.383 e. The first kappa shape index (κ1) is 12.4. The number of likely N-dealkylation sites (N-methyl/N-ethyl adjacent to an activating group) is 1. The molecule has 0 radical (unpaired) electrons. The molecule has 0 saturated heterocycles. The van der Waals surface area contributed by atoms with Crippen LogP contribution in [0.25, 0.3) is 0 Å². The molecule has 0 bridgehead atoms. The van der Waals surface area contributed by atoms with Gasteiger partial charge in [0, 0.05) is 31.4 Å². The van der Waals surface area contributed by atoms with Gasteiger partial charge in [0.05, 0.1) is 6.61 Å². The SMILES string of the molecule is CNC(COC)CN1c2ccccc2CC1C. The van der Waals surface area contributed by atoms with Crippen molar-refractivity contribution in [2.45, 2.75) is 25.4 Å². The number of nitrogens with one attached hydrogen (secondary N) is 1. The van der Waals surface area contributed by atoms with Crippen molar-refractivity contribution in [3.8, 4) is 0 Å². The molecule has 3 heteroatoms. The second-order valence-corrected chi connectivity index (χ2v) is 4.78. The molecule has 2 atom stereocenters. The molecule has 1 aromatic rings. The normalized spacial score (nSPS) is 20.4. The third kappa shape index (κ3) is 2.61. The molecule has 94 valence electrons. The van der Waals surface area contributed by atoms with E-state index in [2.05, 4.69) is 41.4 Å². The summed E-state index contributed by atoms with van der Waals surface area (Å²) in [6, 6.07) is 9.66. The molecule has 1 aliphatic heterocycles. The van der Waals surface area contributed by atoms with Crippen molar-refractivity contribution in [2.24, 2.45) is 0 Å². The van der Waals surface area contributed by atoms with Crippen LogP contribution in [-0.2, 0) is 11.2 Å². The maximum Gasteiger partial charge on any atom is 0.0633 e. The quantitative estimate of drug-likeness (QED) is 0.839. The van der Waals surface area contributed by atoms with Crippen molar-refractivity contribution >= 4 is 5.69 Å². The van der Waals surface area contributed by atoms with Crippen LogP contribution in [0.1, 0.15) is 12.5 Å².